The van der Waals surface area contributed by atoms with Crippen LogP contribution in [0, 0.1) is 0 Å². The summed E-state index contributed by atoms with van der Waals surface area (Å²) < 4.78 is 35.2. The lowest BCUT2D eigenvalue weighted by Gasteiger charge is -2.17. The van der Waals surface area contributed by atoms with Crippen LogP contribution in [0.15, 0.2) is 84.0 Å². The van der Waals surface area contributed by atoms with Crippen molar-refractivity contribution in [3.8, 4) is 5.75 Å². The minimum Gasteiger partial charge on any atom is -0.486 e. The highest BCUT2D eigenvalue weighted by atomic mass is 32.2. The van der Waals surface area contributed by atoms with Crippen molar-refractivity contribution in [2.24, 2.45) is 7.05 Å². The first kappa shape index (κ1) is 20.4. The molecule has 0 radical (unpaired) electrons. The van der Waals surface area contributed by atoms with Crippen molar-refractivity contribution in [3.05, 3.63) is 90.5 Å². The molecule has 0 aliphatic carbocycles. The van der Waals surface area contributed by atoms with Crippen LogP contribution in [0.25, 0.3) is 16.3 Å². The van der Waals surface area contributed by atoms with Gasteiger partial charge in [0.1, 0.15) is 18.7 Å². The van der Waals surface area contributed by atoms with E-state index in [1.807, 2.05) is 30.3 Å². The molecule has 0 atom stereocenters. The van der Waals surface area contributed by atoms with Gasteiger partial charge in [0, 0.05) is 20.1 Å². The number of aryl methyl sites for hydroxylation is 1. The Kier molecular flexibility index (Phi) is 5.24. The zero-order valence-corrected chi connectivity index (χ0v) is 18.4. The van der Waals surface area contributed by atoms with E-state index >= 15 is 0 Å². The molecule has 4 aromatic rings. The van der Waals surface area contributed by atoms with Crippen LogP contribution >= 0.6 is 0 Å². The summed E-state index contributed by atoms with van der Waals surface area (Å²) in [6, 6.07) is 20.8. The molecule has 0 unspecified atom stereocenters. The van der Waals surface area contributed by atoms with Crippen LogP contribution in [-0.4, -0.2) is 40.6 Å². The van der Waals surface area contributed by atoms with Crippen LogP contribution in [0.3, 0.4) is 0 Å². The predicted octanol–water partition coefficient (Wildman–Crippen LogP) is 3.64. The second-order valence-electron chi connectivity index (χ2n) is 7.61. The molecule has 7 nitrogen and oxygen atoms in total. The highest BCUT2D eigenvalue weighted by Crippen LogP contribution is 2.31. The number of hydrogen-bond acceptors (Lipinski definition) is 5. The molecule has 3 aromatic carbocycles. The fourth-order valence-corrected chi connectivity index (χ4v) is 5.23. The molecule has 0 fully saturated rings. The second-order valence-corrected chi connectivity index (χ2v) is 9.55. The first-order chi connectivity index (χ1) is 15.5. The summed E-state index contributed by atoms with van der Waals surface area (Å²) in [6.45, 7) is 0.957. The molecule has 32 heavy (non-hydrogen) atoms. The smallest absolute Gasteiger partial charge is 0.243 e. The molecule has 162 valence electrons. The lowest BCUT2D eigenvalue weighted by atomic mass is 9.99. The molecule has 0 saturated carbocycles. The lowest BCUT2D eigenvalue weighted by molar-refractivity contribution is 0.289. The van der Waals surface area contributed by atoms with E-state index in [4.69, 9.17) is 4.74 Å². The Hall–Kier alpha value is -3.49. The van der Waals surface area contributed by atoms with E-state index in [9.17, 15) is 8.42 Å². The Morgan fingerprint density at radius 3 is 2.56 bits per heavy atom. The van der Waals surface area contributed by atoms with Gasteiger partial charge in [0.05, 0.1) is 4.90 Å². The Balaban J connectivity index is 1.30. The second kappa shape index (κ2) is 8.22. The van der Waals surface area contributed by atoms with Gasteiger partial charge in [0.2, 0.25) is 10.0 Å². The van der Waals surface area contributed by atoms with E-state index in [2.05, 4.69) is 28.3 Å². The number of ether oxygens (including phenoxy) is 1. The van der Waals surface area contributed by atoms with Gasteiger partial charge in [-0.3, -0.25) is 4.68 Å². The number of benzene rings is 3. The van der Waals surface area contributed by atoms with E-state index in [1.165, 1.54) is 10.6 Å². The van der Waals surface area contributed by atoms with Crippen LogP contribution in [0.2, 0.25) is 0 Å². The summed E-state index contributed by atoms with van der Waals surface area (Å²) in [5.41, 5.74) is 2.10. The van der Waals surface area contributed by atoms with Crippen molar-refractivity contribution in [1.29, 1.82) is 0 Å². The van der Waals surface area contributed by atoms with E-state index in [1.54, 1.807) is 36.0 Å². The molecule has 0 amide bonds. The van der Waals surface area contributed by atoms with Gasteiger partial charge in [-0.15, -0.1) is 0 Å². The number of nitrogens with zero attached hydrogens (tertiary/aromatic N) is 4. The van der Waals surface area contributed by atoms with Gasteiger partial charge in [-0.2, -0.15) is 9.40 Å². The summed E-state index contributed by atoms with van der Waals surface area (Å²) >= 11 is 0. The Bertz CT molecular complexity index is 1400. The van der Waals surface area contributed by atoms with Crippen LogP contribution in [0.4, 0.5) is 0 Å². The maximum absolute atomic E-state index is 13.2. The summed E-state index contributed by atoms with van der Waals surface area (Å²) in [4.78, 5) is 4.36. The quantitative estimate of drug-likeness (QED) is 0.452. The third kappa shape index (κ3) is 3.79. The largest absolute Gasteiger partial charge is 0.486 e. The maximum Gasteiger partial charge on any atom is 0.243 e. The number of hydrogen-bond donors (Lipinski definition) is 0. The van der Waals surface area contributed by atoms with Crippen molar-refractivity contribution in [3.63, 3.8) is 0 Å². The number of rotatable bonds is 6. The van der Waals surface area contributed by atoms with Gasteiger partial charge in [0.15, 0.2) is 5.82 Å². The highest BCUT2D eigenvalue weighted by molar-refractivity contribution is 7.89. The van der Waals surface area contributed by atoms with E-state index in [0.29, 0.717) is 24.7 Å². The zero-order chi connectivity index (χ0) is 22.1. The fourth-order valence-electron chi connectivity index (χ4n) is 3.87. The molecule has 1 aromatic heterocycles. The normalized spacial score (nSPS) is 14.6. The molecule has 0 N–H and O–H groups in total. The Morgan fingerprint density at radius 1 is 1.00 bits per heavy atom. The van der Waals surface area contributed by atoms with Crippen LogP contribution in [-0.2, 0) is 23.7 Å². The van der Waals surface area contributed by atoms with Gasteiger partial charge in [-0.25, -0.2) is 13.4 Å². The monoisotopic (exact) mass is 446 g/mol. The zero-order valence-electron chi connectivity index (χ0n) is 17.5. The van der Waals surface area contributed by atoms with Crippen molar-refractivity contribution in [2.75, 3.05) is 13.1 Å². The minimum atomic E-state index is -3.62. The topological polar surface area (TPSA) is 77.3 Å². The molecular weight excluding hydrogens is 424 g/mol. The summed E-state index contributed by atoms with van der Waals surface area (Å²) in [5.74, 6) is 1.26. The number of sulfonamides is 1. The lowest BCUT2D eigenvalue weighted by Crippen LogP contribution is -2.29. The Labute approximate surface area is 186 Å². The minimum absolute atomic E-state index is 0.246. The first-order valence-corrected chi connectivity index (χ1v) is 11.7. The number of fused-ring (bicyclic) bond motifs is 1. The van der Waals surface area contributed by atoms with Crippen molar-refractivity contribution < 1.29 is 13.2 Å². The van der Waals surface area contributed by atoms with Crippen molar-refractivity contribution in [2.45, 2.75) is 11.5 Å². The van der Waals surface area contributed by atoms with E-state index in [-0.39, 0.29) is 11.5 Å². The molecule has 0 bridgehead atoms. The molecule has 2 heterocycles. The SMILES string of the molecule is Cn1ncnc1COc1ccc(S(=O)(=O)N2CC=C(c3cccc4ccccc34)C2)cc1. The molecule has 1 aliphatic rings. The molecule has 0 saturated heterocycles. The number of aromatic nitrogens is 3. The summed E-state index contributed by atoms with van der Waals surface area (Å²) in [7, 11) is -1.83. The standard InChI is InChI=1S/C24H22N4O3S/c1-27-24(25-17-26-27)16-31-20-9-11-21(12-10-20)32(29,30)28-14-13-19(15-28)23-8-4-6-18-5-2-3-7-22(18)23/h2-13,17H,14-16H2,1H3. The molecular formula is C24H22N4O3S. The molecule has 8 heteroatoms. The Morgan fingerprint density at radius 2 is 1.78 bits per heavy atom. The third-order valence-corrected chi connectivity index (χ3v) is 7.48. The molecule has 5 rings (SSSR count). The van der Waals surface area contributed by atoms with Crippen LogP contribution in [0.1, 0.15) is 11.4 Å². The molecule has 0 spiro atoms. The van der Waals surface area contributed by atoms with Gasteiger partial charge in [-0.1, -0.05) is 48.5 Å². The average molecular weight is 447 g/mol. The first-order valence-electron chi connectivity index (χ1n) is 10.3. The van der Waals surface area contributed by atoms with E-state index in [0.717, 1.165) is 21.9 Å². The fraction of sp³-hybridized carbons (Fsp3) is 0.167. The average Bonchev–Trinajstić information content (AvgIpc) is 3.47. The summed E-state index contributed by atoms with van der Waals surface area (Å²) in [5, 5.41) is 6.27. The van der Waals surface area contributed by atoms with Crippen LogP contribution in [0.5, 0.6) is 5.75 Å². The van der Waals surface area contributed by atoms with Crippen molar-refractivity contribution in [1.82, 2.24) is 19.1 Å². The molecule has 1 aliphatic heterocycles. The van der Waals surface area contributed by atoms with Gasteiger partial charge in [0.25, 0.3) is 0 Å². The van der Waals surface area contributed by atoms with Gasteiger partial charge in [-0.05, 0) is 46.2 Å². The van der Waals surface area contributed by atoms with E-state index < -0.39 is 10.0 Å². The third-order valence-electron chi connectivity index (χ3n) is 5.66. The van der Waals surface area contributed by atoms with Gasteiger partial charge < -0.3 is 4.74 Å². The summed E-state index contributed by atoms with van der Waals surface area (Å²) in [6.07, 6.45) is 3.46. The maximum atomic E-state index is 13.2. The van der Waals surface area contributed by atoms with Crippen LogP contribution < -0.4 is 4.74 Å². The van der Waals surface area contributed by atoms with Gasteiger partial charge >= 0.3 is 0 Å². The van der Waals surface area contributed by atoms with Crippen molar-refractivity contribution >= 4 is 26.4 Å². The predicted molar refractivity (Wildman–Crippen MR) is 122 cm³/mol. The highest BCUT2D eigenvalue weighted by Gasteiger charge is 2.29.